The number of guanidine groups is 1. The van der Waals surface area contributed by atoms with Crippen molar-refractivity contribution in [3.63, 3.8) is 0 Å². The minimum absolute atomic E-state index is 0.0139. The Morgan fingerprint density at radius 2 is 2.12 bits per heavy atom. The summed E-state index contributed by atoms with van der Waals surface area (Å²) in [7, 11) is 0. The van der Waals surface area contributed by atoms with Crippen LogP contribution in [0.3, 0.4) is 0 Å². The number of nitrogens with one attached hydrogen (secondary N) is 1. The van der Waals surface area contributed by atoms with Crippen molar-refractivity contribution >= 4 is 5.96 Å². The molecule has 2 rings (SSSR count). The van der Waals surface area contributed by atoms with Crippen LogP contribution in [0.1, 0.15) is 44.2 Å². The van der Waals surface area contributed by atoms with Crippen LogP contribution in [0.4, 0.5) is 4.39 Å². The second-order valence-corrected chi connectivity index (χ2v) is 6.43. The van der Waals surface area contributed by atoms with E-state index in [4.69, 9.17) is 10.5 Å². The van der Waals surface area contributed by atoms with Crippen molar-refractivity contribution in [3.05, 3.63) is 35.6 Å². The van der Waals surface area contributed by atoms with E-state index in [9.17, 15) is 4.39 Å². The van der Waals surface area contributed by atoms with Gasteiger partial charge < -0.3 is 15.8 Å². The summed E-state index contributed by atoms with van der Waals surface area (Å²) in [4.78, 5) is 6.79. The quantitative estimate of drug-likeness (QED) is 0.408. The number of hydrogen-bond acceptors (Lipinski definition) is 3. The van der Waals surface area contributed by atoms with Crippen molar-refractivity contribution in [1.82, 2.24) is 10.2 Å². The topological polar surface area (TPSA) is 62.9 Å². The minimum Gasteiger partial charge on any atom is -0.379 e. The van der Waals surface area contributed by atoms with Crippen molar-refractivity contribution in [2.75, 3.05) is 39.4 Å². The second-order valence-electron chi connectivity index (χ2n) is 6.43. The molecular formula is C19H31FN4O. The highest BCUT2D eigenvalue weighted by Gasteiger charge is 2.22. The Bertz CT molecular complexity index is 532. The number of unbranched alkanes of at least 4 members (excludes halogenated alkanes) is 3. The van der Waals surface area contributed by atoms with Crippen LogP contribution >= 0.6 is 0 Å². The van der Waals surface area contributed by atoms with E-state index in [-0.39, 0.29) is 11.9 Å². The third kappa shape index (κ3) is 7.00. The molecule has 0 aliphatic carbocycles. The lowest BCUT2D eigenvalue weighted by molar-refractivity contribution is 0.0179. The lowest BCUT2D eigenvalue weighted by Gasteiger charge is -2.34. The van der Waals surface area contributed by atoms with Gasteiger partial charge in [0.1, 0.15) is 5.82 Å². The average Bonchev–Trinajstić information content (AvgIpc) is 2.63. The zero-order valence-electron chi connectivity index (χ0n) is 15.2. The Morgan fingerprint density at radius 1 is 1.32 bits per heavy atom. The highest BCUT2D eigenvalue weighted by atomic mass is 19.1. The predicted molar refractivity (Wildman–Crippen MR) is 100 cm³/mol. The lowest BCUT2D eigenvalue weighted by atomic mass is 10.0. The fraction of sp³-hybridized carbons (Fsp3) is 0.632. The summed E-state index contributed by atoms with van der Waals surface area (Å²) in [5.74, 6) is 0.243. The predicted octanol–water partition coefficient (Wildman–Crippen LogP) is 2.68. The molecule has 1 saturated heterocycles. The van der Waals surface area contributed by atoms with Crippen molar-refractivity contribution in [3.8, 4) is 0 Å². The van der Waals surface area contributed by atoms with E-state index in [0.29, 0.717) is 25.7 Å². The molecular weight excluding hydrogens is 319 g/mol. The zero-order valence-corrected chi connectivity index (χ0v) is 15.2. The molecule has 1 unspecified atom stereocenters. The second kappa shape index (κ2) is 11.1. The monoisotopic (exact) mass is 350 g/mol. The Labute approximate surface area is 150 Å². The summed E-state index contributed by atoms with van der Waals surface area (Å²) in [6.45, 7) is 6.58. The highest BCUT2D eigenvalue weighted by Crippen LogP contribution is 2.23. The fourth-order valence-corrected chi connectivity index (χ4v) is 3.04. The third-order valence-electron chi connectivity index (χ3n) is 4.49. The molecule has 1 fully saturated rings. The van der Waals surface area contributed by atoms with Crippen LogP contribution in [-0.4, -0.2) is 50.3 Å². The molecule has 1 aromatic rings. The van der Waals surface area contributed by atoms with E-state index >= 15 is 0 Å². The van der Waals surface area contributed by atoms with Crippen molar-refractivity contribution in [2.45, 2.75) is 38.6 Å². The number of nitrogens with zero attached hydrogens (tertiary/aromatic N) is 2. The maximum atomic E-state index is 13.6. The third-order valence-corrected chi connectivity index (χ3v) is 4.49. The van der Waals surface area contributed by atoms with Crippen LogP contribution in [0.15, 0.2) is 29.3 Å². The molecule has 140 valence electrons. The summed E-state index contributed by atoms with van der Waals surface area (Å²) < 4.78 is 19.1. The molecule has 0 saturated carbocycles. The molecule has 0 amide bonds. The molecule has 3 N–H and O–H groups in total. The Kier molecular flexibility index (Phi) is 8.69. The maximum absolute atomic E-state index is 13.6. The van der Waals surface area contributed by atoms with Gasteiger partial charge in [-0.25, -0.2) is 4.39 Å². The summed E-state index contributed by atoms with van der Waals surface area (Å²) in [6.07, 6.45) is 4.77. The lowest BCUT2D eigenvalue weighted by Crippen LogP contribution is -2.41. The number of hydrogen-bond donors (Lipinski definition) is 2. The van der Waals surface area contributed by atoms with Crippen LogP contribution in [0, 0.1) is 5.82 Å². The number of halogens is 1. The number of rotatable bonds is 9. The van der Waals surface area contributed by atoms with Crippen LogP contribution in [0.2, 0.25) is 0 Å². The van der Waals surface area contributed by atoms with Gasteiger partial charge >= 0.3 is 0 Å². The molecule has 1 atom stereocenters. The number of ether oxygens (including phenoxy) is 1. The molecule has 1 aromatic carbocycles. The average molecular weight is 350 g/mol. The SMILES string of the molecule is CCCCCCNC(N)=NCC(c1cccc(F)c1)N1CCOCC1. The van der Waals surface area contributed by atoms with Gasteiger partial charge in [0.2, 0.25) is 0 Å². The smallest absolute Gasteiger partial charge is 0.188 e. The highest BCUT2D eigenvalue weighted by molar-refractivity contribution is 5.77. The van der Waals surface area contributed by atoms with Gasteiger partial charge in [-0.05, 0) is 24.1 Å². The summed E-state index contributed by atoms with van der Waals surface area (Å²) in [6, 6.07) is 6.77. The van der Waals surface area contributed by atoms with Gasteiger partial charge in [0, 0.05) is 19.6 Å². The van der Waals surface area contributed by atoms with Crippen molar-refractivity contribution < 1.29 is 9.13 Å². The Morgan fingerprint density at radius 3 is 2.84 bits per heavy atom. The van der Waals surface area contributed by atoms with Crippen molar-refractivity contribution in [2.24, 2.45) is 10.7 Å². The van der Waals surface area contributed by atoms with E-state index in [0.717, 1.165) is 31.6 Å². The van der Waals surface area contributed by atoms with E-state index in [2.05, 4.69) is 22.1 Å². The van der Waals surface area contributed by atoms with Crippen LogP contribution in [0.5, 0.6) is 0 Å². The maximum Gasteiger partial charge on any atom is 0.188 e. The van der Waals surface area contributed by atoms with E-state index in [1.54, 1.807) is 12.1 Å². The Balaban J connectivity index is 1.94. The van der Waals surface area contributed by atoms with E-state index in [1.807, 2.05) is 6.07 Å². The molecule has 0 spiro atoms. The fourth-order valence-electron chi connectivity index (χ4n) is 3.04. The van der Waals surface area contributed by atoms with E-state index < -0.39 is 0 Å². The number of nitrogens with two attached hydrogens (primary N) is 1. The summed E-state index contributed by atoms with van der Waals surface area (Å²) in [5.41, 5.74) is 6.93. The minimum atomic E-state index is -0.221. The Hall–Kier alpha value is -1.66. The molecule has 0 radical (unpaired) electrons. The van der Waals surface area contributed by atoms with E-state index in [1.165, 1.54) is 25.3 Å². The molecule has 5 nitrogen and oxygen atoms in total. The molecule has 0 bridgehead atoms. The first-order chi connectivity index (χ1) is 12.2. The molecule has 1 heterocycles. The van der Waals surface area contributed by atoms with Crippen LogP contribution in [0.25, 0.3) is 0 Å². The molecule has 1 aliphatic heterocycles. The summed E-state index contributed by atoms with van der Waals surface area (Å²) >= 11 is 0. The largest absolute Gasteiger partial charge is 0.379 e. The van der Waals surface area contributed by atoms with Gasteiger partial charge in [-0.1, -0.05) is 38.3 Å². The first-order valence-corrected chi connectivity index (χ1v) is 9.31. The summed E-state index contributed by atoms with van der Waals surface area (Å²) in [5, 5.41) is 3.17. The number of morpholine rings is 1. The van der Waals surface area contributed by atoms with Gasteiger partial charge in [-0.2, -0.15) is 0 Å². The first kappa shape index (κ1) is 19.7. The van der Waals surface area contributed by atoms with Crippen molar-refractivity contribution in [1.29, 1.82) is 0 Å². The number of aliphatic imine (C=N–C) groups is 1. The standard InChI is InChI=1S/C19H31FN4O/c1-2-3-4-5-9-22-19(21)23-15-18(24-10-12-25-13-11-24)16-7-6-8-17(20)14-16/h6-8,14,18H,2-5,9-13,15H2,1H3,(H3,21,22,23). The first-order valence-electron chi connectivity index (χ1n) is 9.31. The molecule has 0 aromatic heterocycles. The normalized spacial score (nSPS) is 17.4. The van der Waals surface area contributed by atoms with Gasteiger partial charge in [-0.3, -0.25) is 9.89 Å². The van der Waals surface area contributed by atoms with Gasteiger partial charge in [0.05, 0.1) is 25.8 Å². The van der Waals surface area contributed by atoms with Crippen LogP contribution in [-0.2, 0) is 4.74 Å². The molecule has 1 aliphatic rings. The van der Waals surface area contributed by atoms with Crippen LogP contribution < -0.4 is 11.1 Å². The van der Waals surface area contributed by atoms with Gasteiger partial charge in [0.25, 0.3) is 0 Å². The van der Waals surface area contributed by atoms with Gasteiger partial charge in [0.15, 0.2) is 5.96 Å². The number of benzene rings is 1. The molecule has 6 heteroatoms. The van der Waals surface area contributed by atoms with Gasteiger partial charge in [-0.15, -0.1) is 0 Å². The molecule has 25 heavy (non-hydrogen) atoms. The zero-order chi connectivity index (χ0) is 17.9.